The van der Waals surface area contributed by atoms with Crippen LogP contribution in [0.15, 0.2) is 18.2 Å². The molecule has 0 heterocycles. The Balaban J connectivity index is 2.93. The maximum atomic E-state index is 13.2. The molecule has 0 saturated heterocycles. The Morgan fingerprint density at radius 1 is 1.40 bits per heavy atom. The number of hydrogen-bond donors (Lipinski definition) is 1. The summed E-state index contributed by atoms with van der Waals surface area (Å²) in [5.41, 5.74) is 7.28. The van der Waals surface area contributed by atoms with E-state index in [1.165, 1.54) is 12.1 Å². The minimum absolute atomic E-state index is 0.237. The summed E-state index contributed by atoms with van der Waals surface area (Å²) in [6.45, 7) is 4.32. The molecular weight excluding hydrogens is 193 g/mol. The predicted octanol–water partition coefficient (Wildman–Crippen LogP) is 2.34. The molecule has 1 rings (SSSR count). The highest BCUT2D eigenvalue weighted by molar-refractivity contribution is 5.29. The van der Waals surface area contributed by atoms with Gasteiger partial charge in [0, 0.05) is 19.3 Å². The molecule has 0 aliphatic heterocycles. The predicted molar refractivity (Wildman–Crippen MR) is 59.2 cm³/mol. The molecule has 0 amide bonds. The average molecular weight is 211 g/mol. The van der Waals surface area contributed by atoms with Gasteiger partial charge in [0.2, 0.25) is 0 Å². The fraction of sp³-hybridized carbons (Fsp3) is 0.500. The molecule has 0 aliphatic rings. The fourth-order valence-corrected chi connectivity index (χ4v) is 1.52. The average Bonchev–Trinajstić information content (AvgIpc) is 2.13. The van der Waals surface area contributed by atoms with Crippen LogP contribution in [0.4, 0.5) is 4.39 Å². The Morgan fingerprint density at radius 2 is 2.07 bits per heavy atom. The summed E-state index contributed by atoms with van der Waals surface area (Å²) in [4.78, 5) is 0. The van der Waals surface area contributed by atoms with Crippen molar-refractivity contribution in [1.29, 1.82) is 0 Å². The molecule has 3 heteroatoms. The highest BCUT2D eigenvalue weighted by Crippen LogP contribution is 2.23. The third kappa shape index (κ3) is 3.29. The quantitative estimate of drug-likeness (QED) is 0.829. The van der Waals surface area contributed by atoms with E-state index in [0.29, 0.717) is 13.0 Å². The van der Waals surface area contributed by atoms with Crippen molar-refractivity contribution in [1.82, 2.24) is 0 Å². The Bertz CT molecular complexity index is 316. The second-order valence-corrected chi connectivity index (χ2v) is 4.18. The van der Waals surface area contributed by atoms with Gasteiger partial charge in [-0.3, -0.25) is 0 Å². The summed E-state index contributed by atoms with van der Waals surface area (Å²) in [7, 11) is 1.63. The molecule has 84 valence electrons. The van der Waals surface area contributed by atoms with Crippen LogP contribution in [0.3, 0.4) is 0 Å². The molecule has 1 unspecified atom stereocenters. The van der Waals surface area contributed by atoms with Gasteiger partial charge in [0.05, 0.1) is 0 Å². The van der Waals surface area contributed by atoms with E-state index in [9.17, 15) is 4.39 Å². The lowest BCUT2D eigenvalue weighted by molar-refractivity contribution is 0.172. The van der Waals surface area contributed by atoms with Crippen molar-refractivity contribution < 1.29 is 9.13 Å². The second-order valence-electron chi connectivity index (χ2n) is 4.18. The van der Waals surface area contributed by atoms with Gasteiger partial charge >= 0.3 is 0 Å². The molecule has 1 aromatic carbocycles. The lowest BCUT2D eigenvalue weighted by Gasteiger charge is -2.25. The molecule has 15 heavy (non-hydrogen) atoms. The summed E-state index contributed by atoms with van der Waals surface area (Å²) < 4.78 is 18.2. The third-order valence-electron chi connectivity index (χ3n) is 2.53. The normalized spacial score (nSPS) is 15.0. The lowest BCUT2D eigenvalue weighted by atomic mass is 9.89. The molecule has 2 nitrogen and oxygen atoms in total. The largest absolute Gasteiger partial charge is 0.385 e. The van der Waals surface area contributed by atoms with E-state index in [1.807, 2.05) is 19.9 Å². The van der Waals surface area contributed by atoms with Crippen molar-refractivity contribution in [3.05, 3.63) is 35.1 Å². The number of hydrogen-bond acceptors (Lipinski definition) is 2. The van der Waals surface area contributed by atoms with E-state index >= 15 is 0 Å². The van der Waals surface area contributed by atoms with Crippen LogP contribution in [0, 0.1) is 12.7 Å². The van der Waals surface area contributed by atoms with Gasteiger partial charge in [-0.1, -0.05) is 6.07 Å². The van der Waals surface area contributed by atoms with Crippen LogP contribution in [0.1, 0.15) is 24.5 Å². The number of benzene rings is 1. The molecule has 0 spiro atoms. The van der Waals surface area contributed by atoms with E-state index in [1.54, 1.807) is 7.11 Å². The van der Waals surface area contributed by atoms with Gasteiger partial charge in [0.25, 0.3) is 0 Å². The molecule has 0 saturated carbocycles. The van der Waals surface area contributed by atoms with Crippen molar-refractivity contribution in [3.8, 4) is 0 Å². The van der Waals surface area contributed by atoms with E-state index in [-0.39, 0.29) is 5.82 Å². The van der Waals surface area contributed by atoms with Crippen LogP contribution in [0.2, 0.25) is 0 Å². The van der Waals surface area contributed by atoms with Crippen LogP contribution in [-0.2, 0) is 10.3 Å². The summed E-state index contributed by atoms with van der Waals surface area (Å²) in [5, 5.41) is 0. The van der Waals surface area contributed by atoms with Crippen molar-refractivity contribution in [2.45, 2.75) is 25.8 Å². The van der Waals surface area contributed by atoms with Gasteiger partial charge in [0.1, 0.15) is 5.82 Å². The standard InChI is InChI=1S/C12H18FNO/c1-9-6-10(8-11(13)7-9)12(2,14)4-5-15-3/h6-8H,4-5,14H2,1-3H3. The molecule has 0 aromatic heterocycles. The Morgan fingerprint density at radius 3 is 2.60 bits per heavy atom. The zero-order valence-electron chi connectivity index (χ0n) is 9.51. The molecule has 0 radical (unpaired) electrons. The van der Waals surface area contributed by atoms with Gasteiger partial charge in [-0.2, -0.15) is 0 Å². The summed E-state index contributed by atoms with van der Waals surface area (Å²) in [6, 6.07) is 4.90. The summed E-state index contributed by atoms with van der Waals surface area (Å²) >= 11 is 0. The van der Waals surface area contributed by atoms with Gasteiger partial charge in [0.15, 0.2) is 0 Å². The van der Waals surface area contributed by atoms with E-state index < -0.39 is 5.54 Å². The van der Waals surface area contributed by atoms with Gasteiger partial charge in [-0.25, -0.2) is 4.39 Å². The zero-order valence-corrected chi connectivity index (χ0v) is 9.51. The number of halogens is 1. The number of ether oxygens (including phenoxy) is 1. The SMILES string of the molecule is COCCC(C)(N)c1cc(C)cc(F)c1. The smallest absolute Gasteiger partial charge is 0.123 e. The molecule has 0 fully saturated rings. The van der Waals surface area contributed by atoms with Gasteiger partial charge in [-0.05, 0) is 43.5 Å². The lowest BCUT2D eigenvalue weighted by Crippen LogP contribution is -2.34. The first-order valence-electron chi connectivity index (χ1n) is 5.01. The number of rotatable bonds is 4. The Labute approximate surface area is 90.2 Å². The van der Waals surface area contributed by atoms with E-state index in [4.69, 9.17) is 10.5 Å². The molecule has 0 aliphatic carbocycles. The number of aryl methyl sites for hydroxylation is 1. The minimum Gasteiger partial charge on any atom is -0.385 e. The molecule has 2 N–H and O–H groups in total. The summed E-state index contributed by atoms with van der Waals surface area (Å²) in [5.74, 6) is -0.237. The van der Waals surface area contributed by atoms with Crippen LogP contribution >= 0.6 is 0 Å². The Hall–Kier alpha value is -0.930. The van der Waals surface area contributed by atoms with Crippen molar-refractivity contribution in [3.63, 3.8) is 0 Å². The monoisotopic (exact) mass is 211 g/mol. The van der Waals surface area contributed by atoms with Crippen LogP contribution < -0.4 is 5.73 Å². The van der Waals surface area contributed by atoms with Crippen LogP contribution in [0.25, 0.3) is 0 Å². The first-order chi connectivity index (χ1) is 6.95. The fourth-order valence-electron chi connectivity index (χ4n) is 1.52. The zero-order chi connectivity index (χ0) is 11.5. The van der Waals surface area contributed by atoms with Gasteiger partial charge < -0.3 is 10.5 Å². The van der Waals surface area contributed by atoms with E-state index in [2.05, 4.69) is 0 Å². The third-order valence-corrected chi connectivity index (χ3v) is 2.53. The highest BCUT2D eigenvalue weighted by atomic mass is 19.1. The highest BCUT2D eigenvalue weighted by Gasteiger charge is 2.21. The topological polar surface area (TPSA) is 35.2 Å². The second kappa shape index (κ2) is 4.73. The van der Waals surface area contributed by atoms with Crippen molar-refractivity contribution >= 4 is 0 Å². The first-order valence-corrected chi connectivity index (χ1v) is 5.01. The number of methoxy groups -OCH3 is 1. The molecule has 1 atom stereocenters. The van der Waals surface area contributed by atoms with Crippen LogP contribution in [-0.4, -0.2) is 13.7 Å². The van der Waals surface area contributed by atoms with Crippen molar-refractivity contribution in [2.75, 3.05) is 13.7 Å². The first kappa shape index (κ1) is 12.1. The Kier molecular flexibility index (Phi) is 3.83. The molecular formula is C12H18FNO. The van der Waals surface area contributed by atoms with Crippen LogP contribution in [0.5, 0.6) is 0 Å². The summed E-state index contributed by atoms with van der Waals surface area (Å²) in [6.07, 6.45) is 0.673. The molecule has 1 aromatic rings. The van der Waals surface area contributed by atoms with Gasteiger partial charge in [-0.15, -0.1) is 0 Å². The molecule has 0 bridgehead atoms. The van der Waals surface area contributed by atoms with Crippen molar-refractivity contribution in [2.24, 2.45) is 5.73 Å². The van der Waals surface area contributed by atoms with E-state index in [0.717, 1.165) is 11.1 Å². The minimum atomic E-state index is -0.539. The maximum absolute atomic E-state index is 13.2. The number of nitrogens with two attached hydrogens (primary N) is 1. The maximum Gasteiger partial charge on any atom is 0.123 e.